The van der Waals surface area contributed by atoms with Crippen molar-refractivity contribution in [1.29, 1.82) is 5.26 Å². The molecule has 0 saturated heterocycles. The highest BCUT2D eigenvalue weighted by molar-refractivity contribution is 5.12. The highest BCUT2D eigenvalue weighted by atomic mass is 16.3. The summed E-state index contributed by atoms with van der Waals surface area (Å²) in [6.45, 7) is 7.23. The minimum atomic E-state index is -0.0760. The lowest BCUT2D eigenvalue weighted by atomic mass is 9.44. The van der Waals surface area contributed by atoms with Gasteiger partial charge < -0.3 is 5.11 Å². The highest BCUT2D eigenvalue weighted by Crippen LogP contribution is 2.67. The van der Waals surface area contributed by atoms with E-state index in [2.05, 4.69) is 26.8 Å². The Kier molecular flexibility index (Phi) is 3.62. The van der Waals surface area contributed by atoms with Crippen molar-refractivity contribution in [1.82, 2.24) is 0 Å². The smallest absolute Gasteiger partial charge is 0.0661 e. The summed E-state index contributed by atoms with van der Waals surface area (Å²) in [5.74, 6) is 3.95. The lowest BCUT2D eigenvalue weighted by Crippen LogP contribution is -2.55. The fourth-order valence-corrected chi connectivity index (χ4v) is 7.81. The maximum absolute atomic E-state index is 10.3. The second-order valence-corrected chi connectivity index (χ2v) is 9.94. The van der Waals surface area contributed by atoms with Crippen LogP contribution in [0.15, 0.2) is 0 Å². The van der Waals surface area contributed by atoms with Crippen molar-refractivity contribution >= 4 is 0 Å². The van der Waals surface area contributed by atoms with Crippen LogP contribution in [0, 0.1) is 57.7 Å². The number of rotatable bonds is 0. The van der Waals surface area contributed by atoms with Crippen molar-refractivity contribution in [3.05, 3.63) is 0 Å². The summed E-state index contributed by atoms with van der Waals surface area (Å²) in [6, 6.07) is 2.64. The normalized spacial score (nSPS) is 58.7. The molecule has 0 radical (unpaired) electrons. The van der Waals surface area contributed by atoms with Crippen molar-refractivity contribution in [2.45, 2.75) is 78.2 Å². The van der Waals surface area contributed by atoms with Crippen molar-refractivity contribution in [3.63, 3.8) is 0 Å². The summed E-state index contributed by atoms with van der Waals surface area (Å²) < 4.78 is 0. The Hall–Kier alpha value is -0.550. The van der Waals surface area contributed by atoms with E-state index in [-0.39, 0.29) is 6.10 Å². The average Bonchev–Trinajstić information content (AvgIpc) is 2.85. The molecule has 4 saturated carbocycles. The van der Waals surface area contributed by atoms with Crippen LogP contribution in [0.4, 0.5) is 0 Å². The molecule has 4 aliphatic rings. The van der Waals surface area contributed by atoms with Gasteiger partial charge in [0.2, 0.25) is 0 Å². The zero-order valence-electron chi connectivity index (χ0n) is 15.1. The van der Waals surface area contributed by atoms with Gasteiger partial charge in [0, 0.05) is 0 Å². The van der Waals surface area contributed by atoms with Crippen molar-refractivity contribution in [3.8, 4) is 6.07 Å². The molecule has 0 amide bonds. The Morgan fingerprint density at radius 1 is 1.00 bits per heavy atom. The first-order chi connectivity index (χ1) is 10.9. The van der Waals surface area contributed by atoms with Gasteiger partial charge in [-0.05, 0) is 91.8 Å². The molecule has 4 fully saturated rings. The summed E-state index contributed by atoms with van der Waals surface area (Å²) >= 11 is 0. The first-order valence-electron chi connectivity index (χ1n) is 9.98. The van der Waals surface area contributed by atoms with Gasteiger partial charge in [-0.25, -0.2) is 0 Å². The Morgan fingerprint density at radius 3 is 2.48 bits per heavy atom. The summed E-state index contributed by atoms with van der Waals surface area (Å²) in [4.78, 5) is 0. The van der Waals surface area contributed by atoms with Gasteiger partial charge in [-0.15, -0.1) is 0 Å². The molecule has 0 aromatic carbocycles. The van der Waals surface area contributed by atoms with Crippen LogP contribution < -0.4 is 0 Å². The second-order valence-electron chi connectivity index (χ2n) is 9.94. The minimum absolute atomic E-state index is 0.0760. The largest absolute Gasteiger partial charge is 0.393 e. The number of aliphatic hydroxyl groups is 1. The predicted molar refractivity (Wildman–Crippen MR) is 91.4 cm³/mol. The summed E-state index contributed by atoms with van der Waals surface area (Å²) in [7, 11) is 0. The summed E-state index contributed by atoms with van der Waals surface area (Å²) in [6.07, 6.45) is 9.84. The Labute approximate surface area is 141 Å². The molecule has 2 heteroatoms. The first kappa shape index (κ1) is 15.9. The van der Waals surface area contributed by atoms with Crippen molar-refractivity contribution in [2.24, 2.45) is 46.3 Å². The van der Waals surface area contributed by atoms with Gasteiger partial charge in [-0.1, -0.05) is 20.8 Å². The van der Waals surface area contributed by atoms with Crippen molar-refractivity contribution < 1.29 is 5.11 Å². The lowest BCUT2D eigenvalue weighted by Gasteiger charge is -2.61. The third-order valence-electron chi connectivity index (χ3n) is 9.17. The molecule has 0 spiro atoms. The lowest BCUT2D eigenvalue weighted by molar-refractivity contribution is -0.138. The van der Waals surface area contributed by atoms with E-state index in [9.17, 15) is 10.4 Å². The van der Waals surface area contributed by atoms with Crippen LogP contribution in [0.5, 0.6) is 0 Å². The van der Waals surface area contributed by atoms with Crippen LogP contribution >= 0.6 is 0 Å². The number of aliphatic hydroxyl groups excluding tert-OH is 1. The summed E-state index contributed by atoms with van der Waals surface area (Å²) in [5, 5.41) is 19.9. The molecule has 1 N–H and O–H groups in total. The quantitative estimate of drug-likeness (QED) is 0.699. The molecular weight excluding hydrogens is 282 g/mol. The van der Waals surface area contributed by atoms with E-state index in [4.69, 9.17) is 0 Å². The minimum Gasteiger partial charge on any atom is -0.393 e. The molecule has 0 bridgehead atoms. The predicted octanol–water partition coefficient (Wildman–Crippen LogP) is 4.78. The molecule has 2 nitrogen and oxygen atoms in total. The molecule has 4 aliphatic carbocycles. The molecule has 0 heterocycles. The molecule has 9 atom stereocenters. The number of hydrogen-bond donors (Lipinski definition) is 1. The molecule has 0 aromatic rings. The van der Waals surface area contributed by atoms with Gasteiger partial charge in [-0.3, -0.25) is 0 Å². The van der Waals surface area contributed by atoms with E-state index in [0.717, 1.165) is 36.5 Å². The van der Waals surface area contributed by atoms with E-state index < -0.39 is 0 Å². The van der Waals surface area contributed by atoms with Crippen LogP contribution in [0.25, 0.3) is 0 Å². The molecule has 4 rings (SSSR count). The Morgan fingerprint density at radius 2 is 1.74 bits per heavy atom. The van der Waals surface area contributed by atoms with Crippen LogP contribution in [-0.2, 0) is 0 Å². The zero-order valence-corrected chi connectivity index (χ0v) is 15.1. The summed E-state index contributed by atoms with van der Waals surface area (Å²) in [5.41, 5.74) is 0.729. The van der Waals surface area contributed by atoms with Crippen LogP contribution in [0.2, 0.25) is 0 Å². The molecule has 0 aliphatic heterocycles. The van der Waals surface area contributed by atoms with Gasteiger partial charge in [0.25, 0.3) is 0 Å². The number of nitriles is 1. The van der Waals surface area contributed by atoms with Crippen LogP contribution in [0.1, 0.15) is 72.1 Å². The Balaban J connectivity index is 1.63. The van der Waals surface area contributed by atoms with Gasteiger partial charge in [0.1, 0.15) is 0 Å². The standard InChI is InChI=1S/C21H33NO/c1-13-11-21(3)14(10-19(13)23)4-6-16-17-7-5-15(12-22)20(17,2)9-8-18(16)21/h13-19,23H,4-11H2,1-3H3/t13-,14?,15-,16+,17?,18?,19+,20-,21+/m1/s1. The third-order valence-corrected chi connectivity index (χ3v) is 9.17. The maximum atomic E-state index is 10.3. The van der Waals surface area contributed by atoms with Crippen LogP contribution in [-0.4, -0.2) is 11.2 Å². The van der Waals surface area contributed by atoms with Gasteiger partial charge in [0.05, 0.1) is 18.1 Å². The SMILES string of the molecule is C[C@@H]1C[C@@]2(C)C(CC[C@@H]3C2CC[C@@]2(C)C3CC[C@@H]2C#N)C[C@@H]1O. The van der Waals surface area contributed by atoms with Gasteiger partial charge in [0.15, 0.2) is 0 Å². The van der Waals surface area contributed by atoms with E-state index >= 15 is 0 Å². The van der Waals surface area contributed by atoms with Crippen molar-refractivity contribution in [2.75, 3.05) is 0 Å². The van der Waals surface area contributed by atoms with Gasteiger partial charge >= 0.3 is 0 Å². The monoisotopic (exact) mass is 315 g/mol. The first-order valence-corrected chi connectivity index (χ1v) is 9.98. The highest BCUT2D eigenvalue weighted by Gasteiger charge is 2.60. The Bertz CT molecular complexity index is 524. The topological polar surface area (TPSA) is 44.0 Å². The molecule has 3 unspecified atom stereocenters. The zero-order chi connectivity index (χ0) is 16.4. The number of nitrogens with zero attached hydrogens (tertiary/aromatic N) is 1. The number of fused-ring (bicyclic) bond motifs is 5. The van der Waals surface area contributed by atoms with E-state index in [1.165, 1.54) is 38.5 Å². The van der Waals surface area contributed by atoms with Gasteiger partial charge in [-0.2, -0.15) is 5.26 Å². The third kappa shape index (κ3) is 2.08. The fourth-order valence-electron chi connectivity index (χ4n) is 7.81. The second kappa shape index (κ2) is 5.22. The molecule has 128 valence electrons. The van der Waals surface area contributed by atoms with E-state index in [1.807, 2.05) is 0 Å². The molecular formula is C21H33NO. The van der Waals surface area contributed by atoms with Crippen LogP contribution in [0.3, 0.4) is 0 Å². The molecule has 23 heavy (non-hydrogen) atoms. The number of hydrogen-bond acceptors (Lipinski definition) is 2. The van der Waals surface area contributed by atoms with E-state index in [0.29, 0.717) is 22.7 Å². The molecule has 0 aromatic heterocycles. The fraction of sp³-hybridized carbons (Fsp3) is 0.952. The van der Waals surface area contributed by atoms with E-state index in [1.54, 1.807) is 0 Å². The maximum Gasteiger partial charge on any atom is 0.0661 e. The average molecular weight is 316 g/mol.